The average Bonchev–Trinajstić information content (AvgIpc) is 2.62. The fourth-order valence-corrected chi connectivity index (χ4v) is 1.49. The Morgan fingerprint density at radius 2 is 2.06 bits per heavy atom. The topological polar surface area (TPSA) is 85.3 Å². The normalized spacial score (nSPS) is 10.4. The largest absolute Gasteiger partial charge is 0.480 e. The van der Waals surface area contributed by atoms with E-state index >= 15 is 0 Å². The summed E-state index contributed by atoms with van der Waals surface area (Å²) >= 11 is 0. The smallest absolute Gasteiger partial charge is 0.442 e. The van der Waals surface area contributed by atoms with E-state index in [1.54, 1.807) is 0 Å². The van der Waals surface area contributed by atoms with E-state index in [0.29, 0.717) is 12.2 Å². The van der Waals surface area contributed by atoms with Gasteiger partial charge in [-0.1, -0.05) is 35.5 Å². The molecule has 0 fully saturated rings. The Balaban J connectivity index is 2.27. The van der Waals surface area contributed by atoms with Gasteiger partial charge in [0.25, 0.3) is 0 Å². The Hall–Kier alpha value is -2.37. The van der Waals surface area contributed by atoms with Crippen molar-refractivity contribution in [2.24, 2.45) is 0 Å². The van der Waals surface area contributed by atoms with Crippen molar-refractivity contribution in [3.63, 3.8) is 0 Å². The molecular weight excluding hydrogens is 224 g/mol. The molecule has 2 aromatic rings. The third-order valence-corrected chi connectivity index (χ3v) is 2.26. The summed E-state index contributed by atoms with van der Waals surface area (Å²) in [5.41, 5.74) is 0.930. The highest BCUT2D eigenvalue weighted by Crippen LogP contribution is 2.05. The maximum absolute atomic E-state index is 11.2. The molecule has 0 radical (unpaired) electrons. The minimum atomic E-state index is -1.11. The van der Waals surface area contributed by atoms with Crippen LogP contribution in [-0.2, 0) is 17.8 Å². The molecule has 0 spiro atoms. The SMILES string of the molecule is O=C(O)Cn1c(Cc2ccccc2)noc1=O. The fourth-order valence-electron chi connectivity index (χ4n) is 1.49. The Morgan fingerprint density at radius 3 is 2.71 bits per heavy atom. The molecule has 0 aliphatic heterocycles. The Morgan fingerprint density at radius 1 is 1.35 bits per heavy atom. The van der Waals surface area contributed by atoms with Crippen LogP contribution in [0.1, 0.15) is 11.4 Å². The molecule has 0 saturated heterocycles. The molecule has 0 atom stereocenters. The van der Waals surface area contributed by atoms with Crippen LogP contribution in [0.25, 0.3) is 0 Å². The van der Waals surface area contributed by atoms with E-state index in [0.717, 1.165) is 10.1 Å². The standard InChI is InChI=1S/C11H10N2O4/c14-10(15)7-13-9(12-17-11(13)16)6-8-4-2-1-3-5-8/h1-5H,6-7H2,(H,14,15). The highest BCUT2D eigenvalue weighted by Gasteiger charge is 2.13. The van der Waals surface area contributed by atoms with Gasteiger partial charge < -0.3 is 5.11 Å². The molecule has 0 amide bonds. The number of rotatable bonds is 4. The third-order valence-electron chi connectivity index (χ3n) is 2.26. The number of aliphatic carboxylic acids is 1. The summed E-state index contributed by atoms with van der Waals surface area (Å²) < 4.78 is 5.47. The van der Waals surface area contributed by atoms with Crippen LogP contribution >= 0.6 is 0 Å². The van der Waals surface area contributed by atoms with Crippen LogP contribution in [0.3, 0.4) is 0 Å². The minimum Gasteiger partial charge on any atom is -0.480 e. The summed E-state index contributed by atoms with van der Waals surface area (Å²) in [6.45, 7) is -0.440. The molecule has 0 aliphatic carbocycles. The third kappa shape index (κ3) is 2.60. The first-order chi connectivity index (χ1) is 8.16. The monoisotopic (exact) mass is 234 g/mol. The minimum absolute atomic E-state index is 0.309. The molecule has 1 heterocycles. The van der Waals surface area contributed by atoms with Crippen LogP contribution in [0.2, 0.25) is 0 Å². The molecule has 88 valence electrons. The van der Waals surface area contributed by atoms with Gasteiger partial charge in [0, 0.05) is 6.42 Å². The predicted molar refractivity (Wildman–Crippen MR) is 57.6 cm³/mol. The molecule has 1 aromatic heterocycles. The number of hydrogen-bond donors (Lipinski definition) is 1. The van der Waals surface area contributed by atoms with Crippen LogP contribution in [-0.4, -0.2) is 20.8 Å². The van der Waals surface area contributed by atoms with Crippen LogP contribution in [0.4, 0.5) is 0 Å². The lowest BCUT2D eigenvalue weighted by Crippen LogP contribution is -2.22. The number of hydrogen-bond acceptors (Lipinski definition) is 4. The molecule has 0 bridgehead atoms. The predicted octanol–water partition coefficient (Wildman–Crippen LogP) is 0.512. The fraction of sp³-hybridized carbons (Fsp3) is 0.182. The van der Waals surface area contributed by atoms with E-state index in [1.807, 2.05) is 30.3 Å². The van der Waals surface area contributed by atoms with Gasteiger partial charge in [-0.05, 0) is 5.56 Å². The first-order valence-electron chi connectivity index (χ1n) is 4.98. The van der Waals surface area contributed by atoms with E-state index in [-0.39, 0.29) is 0 Å². The molecule has 6 nitrogen and oxygen atoms in total. The van der Waals surface area contributed by atoms with Gasteiger partial charge >= 0.3 is 11.7 Å². The van der Waals surface area contributed by atoms with Crippen molar-refractivity contribution < 1.29 is 14.4 Å². The summed E-state index contributed by atoms with van der Waals surface area (Å²) in [6.07, 6.45) is 0.361. The quantitative estimate of drug-likeness (QED) is 0.833. The molecule has 2 rings (SSSR count). The maximum atomic E-state index is 11.2. The van der Waals surface area contributed by atoms with Crippen molar-refractivity contribution in [1.82, 2.24) is 9.72 Å². The van der Waals surface area contributed by atoms with E-state index in [4.69, 9.17) is 5.11 Å². The van der Waals surface area contributed by atoms with Crippen molar-refractivity contribution in [3.8, 4) is 0 Å². The van der Waals surface area contributed by atoms with Gasteiger partial charge in [0.05, 0.1) is 0 Å². The lowest BCUT2D eigenvalue weighted by Gasteiger charge is -2.01. The molecular formula is C11H10N2O4. The molecule has 17 heavy (non-hydrogen) atoms. The summed E-state index contributed by atoms with van der Waals surface area (Å²) in [4.78, 5) is 21.8. The van der Waals surface area contributed by atoms with Gasteiger partial charge in [-0.3, -0.25) is 9.32 Å². The Kier molecular flexibility index (Phi) is 3.04. The molecule has 0 saturated carbocycles. The highest BCUT2D eigenvalue weighted by molar-refractivity contribution is 5.66. The lowest BCUT2D eigenvalue weighted by atomic mass is 10.1. The van der Waals surface area contributed by atoms with Gasteiger partial charge in [0.1, 0.15) is 6.54 Å². The van der Waals surface area contributed by atoms with E-state index in [1.165, 1.54) is 0 Å². The number of aromatic nitrogens is 2. The zero-order chi connectivity index (χ0) is 12.3. The summed E-state index contributed by atoms with van der Waals surface area (Å²) in [6, 6.07) is 9.31. The molecule has 6 heteroatoms. The van der Waals surface area contributed by atoms with E-state index in [2.05, 4.69) is 9.68 Å². The molecule has 0 unspecified atom stereocenters. The molecule has 0 aliphatic rings. The van der Waals surface area contributed by atoms with Crippen molar-refractivity contribution in [1.29, 1.82) is 0 Å². The van der Waals surface area contributed by atoms with E-state index in [9.17, 15) is 9.59 Å². The second kappa shape index (κ2) is 4.65. The Labute approximate surface area is 96.1 Å². The zero-order valence-electron chi connectivity index (χ0n) is 8.87. The molecule has 1 aromatic carbocycles. The zero-order valence-corrected chi connectivity index (χ0v) is 8.87. The highest BCUT2D eigenvalue weighted by atomic mass is 16.5. The van der Waals surface area contributed by atoms with Crippen molar-refractivity contribution in [3.05, 3.63) is 52.3 Å². The van der Waals surface area contributed by atoms with Crippen LogP contribution < -0.4 is 5.76 Å². The summed E-state index contributed by atoms with van der Waals surface area (Å²) in [5, 5.41) is 12.2. The second-order valence-corrected chi connectivity index (χ2v) is 3.51. The van der Waals surface area contributed by atoms with Gasteiger partial charge in [-0.2, -0.15) is 0 Å². The first-order valence-corrected chi connectivity index (χ1v) is 4.98. The van der Waals surface area contributed by atoms with Crippen LogP contribution in [0.5, 0.6) is 0 Å². The number of carboxylic acid groups (broad SMARTS) is 1. The number of carboxylic acids is 1. The molecule has 1 N–H and O–H groups in total. The van der Waals surface area contributed by atoms with Crippen molar-refractivity contribution in [2.75, 3.05) is 0 Å². The van der Waals surface area contributed by atoms with Gasteiger partial charge in [0.2, 0.25) is 0 Å². The second-order valence-electron chi connectivity index (χ2n) is 3.51. The Bertz CT molecular complexity index is 571. The first kappa shape index (κ1) is 11.1. The van der Waals surface area contributed by atoms with Crippen LogP contribution in [0, 0.1) is 0 Å². The van der Waals surface area contributed by atoms with Crippen molar-refractivity contribution in [2.45, 2.75) is 13.0 Å². The van der Waals surface area contributed by atoms with E-state index < -0.39 is 18.3 Å². The average molecular weight is 234 g/mol. The van der Waals surface area contributed by atoms with Gasteiger partial charge in [0.15, 0.2) is 5.82 Å². The number of nitrogens with zero attached hydrogens (tertiary/aromatic N) is 2. The number of benzene rings is 1. The van der Waals surface area contributed by atoms with Crippen LogP contribution in [0.15, 0.2) is 39.6 Å². The summed E-state index contributed by atoms with van der Waals surface area (Å²) in [7, 11) is 0. The number of carbonyl (C=O) groups is 1. The van der Waals surface area contributed by atoms with Gasteiger partial charge in [-0.25, -0.2) is 9.36 Å². The maximum Gasteiger partial charge on any atom is 0.442 e. The summed E-state index contributed by atoms with van der Waals surface area (Å²) in [5.74, 6) is -1.55. The van der Waals surface area contributed by atoms with Gasteiger partial charge in [-0.15, -0.1) is 0 Å². The lowest BCUT2D eigenvalue weighted by molar-refractivity contribution is -0.137. The van der Waals surface area contributed by atoms with Crippen molar-refractivity contribution >= 4 is 5.97 Å².